The number of quaternary nitrogens is 1. The first kappa shape index (κ1) is 21.7. The second kappa shape index (κ2) is 12.2. The van der Waals surface area contributed by atoms with Crippen LogP contribution in [-0.4, -0.2) is 49.0 Å². The summed E-state index contributed by atoms with van der Waals surface area (Å²) in [5.41, 5.74) is 0. The number of hydrogen-bond acceptors (Lipinski definition) is 3. The van der Waals surface area contributed by atoms with E-state index in [-0.39, 0.29) is 25.2 Å². The van der Waals surface area contributed by atoms with Crippen LogP contribution in [0.4, 0.5) is 0 Å². The topological polar surface area (TPSA) is 46.5 Å². The maximum Gasteiger partial charge on any atom is 0.334 e. The van der Waals surface area contributed by atoms with Crippen molar-refractivity contribution in [3.63, 3.8) is 0 Å². The molecule has 0 aromatic rings. The molecule has 0 aliphatic heterocycles. The molecule has 0 heterocycles. The lowest BCUT2D eigenvalue weighted by atomic mass is 10.1. The van der Waals surface area contributed by atoms with Crippen molar-refractivity contribution < 1.29 is 31.5 Å². The normalized spacial score (nSPS) is 12.4. The molecule has 0 fully saturated rings. The Morgan fingerprint density at radius 3 is 2.45 bits per heavy atom. The number of ether oxygens (including phenoxy) is 1. The molecule has 0 amide bonds. The highest BCUT2D eigenvalue weighted by Crippen LogP contribution is 2.10. The first-order valence-electron chi connectivity index (χ1n) is 7.20. The van der Waals surface area contributed by atoms with E-state index in [9.17, 15) is 9.90 Å². The lowest BCUT2D eigenvalue weighted by Gasteiger charge is -2.30. The predicted octanol–water partition coefficient (Wildman–Crippen LogP) is -0.525. The zero-order chi connectivity index (χ0) is 14.7. The summed E-state index contributed by atoms with van der Waals surface area (Å²) in [6, 6.07) is 0. The number of aliphatic hydroxyl groups is 1. The maximum absolute atomic E-state index is 11.0. The number of hydrogen-bond donors (Lipinski definition) is 1. The van der Waals surface area contributed by atoms with E-state index in [1.54, 1.807) is 0 Å². The largest absolute Gasteiger partial charge is 1.00 e. The molecule has 0 rings (SSSR count). The van der Waals surface area contributed by atoms with Gasteiger partial charge in [-0.15, -0.1) is 0 Å². The molecule has 1 unspecified atom stereocenters. The third-order valence-corrected chi connectivity index (χ3v) is 3.07. The van der Waals surface area contributed by atoms with Crippen molar-refractivity contribution in [2.24, 2.45) is 0 Å². The van der Waals surface area contributed by atoms with Gasteiger partial charge >= 0.3 is 5.97 Å². The number of aliphatic hydroxyl groups excluding tert-OH is 1. The van der Waals surface area contributed by atoms with E-state index >= 15 is 0 Å². The van der Waals surface area contributed by atoms with E-state index in [0.717, 1.165) is 18.9 Å². The van der Waals surface area contributed by atoms with Gasteiger partial charge in [0.25, 0.3) is 0 Å². The molecule has 0 spiro atoms. The number of unbranched alkanes of at least 4 members (excludes halogenated alkanes) is 4. The zero-order valence-electron chi connectivity index (χ0n) is 13.1. The van der Waals surface area contributed by atoms with Crippen molar-refractivity contribution in [1.29, 1.82) is 0 Å². The highest BCUT2D eigenvalue weighted by molar-refractivity contribution is 5.81. The van der Waals surface area contributed by atoms with Gasteiger partial charge in [0.2, 0.25) is 6.73 Å². The summed E-state index contributed by atoms with van der Waals surface area (Å²) < 4.78 is 5.49. The second-order valence-electron chi connectivity index (χ2n) is 5.77. The molecule has 0 aliphatic carbocycles. The molecule has 20 heavy (non-hydrogen) atoms. The number of likely N-dealkylation sites (N-methyl/N-ethyl adjacent to an activating group) is 1. The molecule has 4 nitrogen and oxygen atoms in total. The van der Waals surface area contributed by atoms with Crippen LogP contribution < -0.4 is 12.4 Å². The standard InChI is InChI=1S/C15H30NO3.ClH/c1-5-7-8-9-10-11-14(17)12-16(3,4)13-19-15(18)6-2;/h6,14,17H,2,5,7-13H2,1,3-4H3;1H/q+1;/p-1. The minimum absolute atomic E-state index is 0. The smallest absolute Gasteiger partial charge is 0.334 e. The molecule has 0 saturated heterocycles. The van der Waals surface area contributed by atoms with Gasteiger partial charge in [0.1, 0.15) is 12.6 Å². The summed E-state index contributed by atoms with van der Waals surface area (Å²) in [6.45, 7) is 6.41. The Bertz CT molecular complexity index is 270. The number of nitrogens with zero attached hydrogens (tertiary/aromatic N) is 1. The van der Waals surface area contributed by atoms with Crippen molar-refractivity contribution in [1.82, 2.24) is 0 Å². The Morgan fingerprint density at radius 2 is 1.90 bits per heavy atom. The molecule has 1 N–H and O–H groups in total. The molecule has 0 aromatic heterocycles. The average molecular weight is 308 g/mol. The van der Waals surface area contributed by atoms with Crippen LogP contribution in [0.15, 0.2) is 12.7 Å². The van der Waals surface area contributed by atoms with Gasteiger partial charge in [0.15, 0.2) is 0 Å². The number of carbonyl (C=O) groups is 1. The van der Waals surface area contributed by atoms with Crippen LogP contribution in [0, 0.1) is 0 Å². The Morgan fingerprint density at radius 1 is 1.30 bits per heavy atom. The molecule has 5 heteroatoms. The highest BCUT2D eigenvalue weighted by Gasteiger charge is 2.21. The third-order valence-electron chi connectivity index (χ3n) is 3.07. The fourth-order valence-corrected chi connectivity index (χ4v) is 2.00. The fraction of sp³-hybridized carbons (Fsp3) is 0.800. The lowest BCUT2D eigenvalue weighted by molar-refractivity contribution is -0.910. The highest BCUT2D eigenvalue weighted by atomic mass is 35.5. The molecule has 0 aliphatic rings. The quantitative estimate of drug-likeness (QED) is 0.184. The van der Waals surface area contributed by atoms with Crippen LogP contribution in [0.25, 0.3) is 0 Å². The van der Waals surface area contributed by atoms with E-state index in [1.165, 1.54) is 25.7 Å². The Balaban J connectivity index is 0. The third kappa shape index (κ3) is 12.5. The fourth-order valence-electron chi connectivity index (χ4n) is 2.00. The summed E-state index contributed by atoms with van der Waals surface area (Å²) in [7, 11) is 3.88. The summed E-state index contributed by atoms with van der Waals surface area (Å²) in [5, 5.41) is 9.99. The van der Waals surface area contributed by atoms with Gasteiger partial charge in [-0.2, -0.15) is 0 Å². The molecule has 120 valence electrons. The van der Waals surface area contributed by atoms with E-state index < -0.39 is 5.97 Å². The SMILES string of the molecule is C=CC(=O)OC[N+](C)(C)CC(O)CCCCCCC.[Cl-]. The van der Waals surface area contributed by atoms with E-state index in [2.05, 4.69) is 13.5 Å². The number of halogens is 1. The van der Waals surface area contributed by atoms with E-state index in [1.807, 2.05) is 14.1 Å². The summed E-state index contributed by atoms with van der Waals surface area (Å²) >= 11 is 0. The summed E-state index contributed by atoms with van der Waals surface area (Å²) in [4.78, 5) is 11.0. The summed E-state index contributed by atoms with van der Waals surface area (Å²) in [5.74, 6) is -0.416. The molecular formula is C15H30ClNO3. The van der Waals surface area contributed by atoms with Gasteiger partial charge in [-0.1, -0.05) is 45.6 Å². The molecule has 0 aromatic carbocycles. The van der Waals surface area contributed by atoms with E-state index in [0.29, 0.717) is 11.0 Å². The zero-order valence-corrected chi connectivity index (χ0v) is 13.9. The van der Waals surface area contributed by atoms with Crippen LogP contribution in [0.3, 0.4) is 0 Å². The van der Waals surface area contributed by atoms with Crippen molar-refractivity contribution in [2.75, 3.05) is 27.4 Å². The van der Waals surface area contributed by atoms with Crippen LogP contribution in [0.1, 0.15) is 45.4 Å². The van der Waals surface area contributed by atoms with Crippen molar-refractivity contribution in [3.05, 3.63) is 12.7 Å². The van der Waals surface area contributed by atoms with Crippen LogP contribution in [0.5, 0.6) is 0 Å². The van der Waals surface area contributed by atoms with Crippen molar-refractivity contribution >= 4 is 5.97 Å². The molecule has 0 radical (unpaired) electrons. The molecule has 0 bridgehead atoms. The first-order valence-corrected chi connectivity index (χ1v) is 7.20. The Kier molecular flexibility index (Phi) is 13.2. The van der Waals surface area contributed by atoms with Crippen molar-refractivity contribution in [3.8, 4) is 0 Å². The average Bonchev–Trinajstić information content (AvgIpc) is 2.35. The predicted molar refractivity (Wildman–Crippen MR) is 77.5 cm³/mol. The van der Waals surface area contributed by atoms with Crippen molar-refractivity contribution in [2.45, 2.75) is 51.6 Å². The lowest BCUT2D eigenvalue weighted by Crippen LogP contribution is -3.00. The Labute approximate surface area is 129 Å². The molecule has 1 atom stereocenters. The van der Waals surface area contributed by atoms with Gasteiger partial charge in [-0.25, -0.2) is 4.79 Å². The number of esters is 1. The Hall–Kier alpha value is -0.580. The molecule has 0 saturated carbocycles. The van der Waals surface area contributed by atoms with Crippen LogP contribution >= 0.6 is 0 Å². The van der Waals surface area contributed by atoms with Gasteiger partial charge in [0, 0.05) is 6.08 Å². The van der Waals surface area contributed by atoms with Crippen LogP contribution in [0.2, 0.25) is 0 Å². The number of carbonyl (C=O) groups excluding carboxylic acids is 1. The second-order valence-corrected chi connectivity index (χ2v) is 5.77. The van der Waals surface area contributed by atoms with Gasteiger partial charge in [0.05, 0.1) is 14.1 Å². The van der Waals surface area contributed by atoms with E-state index in [4.69, 9.17) is 4.74 Å². The van der Waals surface area contributed by atoms with Crippen LogP contribution in [-0.2, 0) is 9.53 Å². The van der Waals surface area contributed by atoms with Gasteiger partial charge < -0.3 is 22.3 Å². The first-order chi connectivity index (χ1) is 8.91. The van der Waals surface area contributed by atoms with Gasteiger partial charge in [-0.3, -0.25) is 4.48 Å². The number of rotatable bonds is 11. The summed E-state index contributed by atoms with van der Waals surface area (Å²) in [6.07, 6.45) is 7.65. The monoisotopic (exact) mass is 307 g/mol. The maximum atomic E-state index is 11.0. The minimum atomic E-state index is -0.416. The molecular weight excluding hydrogens is 278 g/mol. The van der Waals surface area contributed by atoms with Gasteiger partial charge in [-0.05, 0) is 6.42 Å². The minimum Gasteiger partial charge on any atom is -1.00 e.